The summed E-state index contributed by atoms with van der Waals surface area (Å²) < 4.78 is 24.0. The number of esters is 1. The molecule has 1 atom stereocenters. The summed E-state index contributed by atoms with van der Waals surface area (Å²) in [6.45, 7) is 11.4. The SMILES string of the molecule is CC.Cc1cc2c(cc1Sc1nc3c(N)ncnc3n1CC(NC(=O)OC(C)(C)C)C(=O)OC1CCCC1)OCO2. The lowest BCUT2D eigenvalue weighted by Crippen LogP contribution is -2.47. The fourth-order valence-corrected chi connectivity index (χ4v) is 5.46. The van der Waals surface area contributed by atoms with Crippen molar-refractivity contribution >= 4 is 40.8 Å². The van der Waals surface area contributed by atoms with Crippen LogP contribution in [0.4, 0.5) is 10.6 Å². The van der Waals surface area contributed by atoms with E-state index in [2.05, 4.69) is 15.3 Å². The standard InChI is InChI=1S/C26H32N6O6S.C2H6/c1-14-9-17-18(36-13-35-17)10-19(14)39-24-31-20-21(27)28-12-29-22(20)32(24)11-16(30-25(34)38-26(2,3)4)23(33)37-15-7-5-6-8-15;1-2/h9-10,12,15-16H,5-8,11,13H2,1-4H3,(H,30,34)(H2,27,28,29);1-2H3. The summed E-state index contributed by atoms with van der Waals surface area (Å²) in [6.07, 6.45) is 4.03. The van der Waals surface area contributed by atoms with Gasteiger partial charge in [0.1, 0.15) is 24.1 Å². The Bertz CT molecular complexity index is 1400. The smallest absolute Gasteiger partial charge is 0.408 e. The topological polar surface area (TPSA) is 153 Å². The third-order valence-electron chi connectivity index (χ3n) is 6.32. The maximum Gasteiger partial charge on any atom is 0.408 e. The van der Waals surface area contributed by atoms with Crippen molar-refractivity contribution in [2.45, 2.75) is 102 Å². The Labute approximate surface area is 243 Å². The van der Waals surface area contributed by atoms with Gasteiger partial charge in [0.25, 0.3) is 0 Å². The van der Waals surface area contributed by atoms with Crippen molar-refractivity contribution in [3.05, 3.63) is 24.0 Å². The minimum absolute atomic E-state index is 0.0102. The lowest BCUT2D eigenvalue weighted by molar-refractivity contribution is -0.151. The van der Waals surface area contributed by atoms with Gasteiger partial charge < -0.3 is 34.6 Å². The number of nitrogens with two attached hydrogens (primary N) is 1. The van der Waals surface area contributed by atoms with Crippen LogP contribution in [-0.2, 0) is 20.8 Å². The van der Waals surface area contributed by atoms with E-state index in [1.807, 2.05) is 32.9 Å². The zero-order chi connectivity index (χ0) is 29.7. The second-order valence-electron chi connectivity index (χ2n) is 10.6. The molecule has 1 unspecified atom stereocenters. The number of alkyl carbamates (subject to hydrolysis) is 1. The molecule has 1 amide bonds. The van der Waals surface area contributed by atoms with Gasteiger partial charge in [-0.3, -0.25) is 0 Å². The monoisotopic (exact) mass is 586 g/mol. The number of nitrogens with zero attached hydrogens (tertiary/aromatic N) is 4. The summed E-state index contributed by atoms with van der Waals surface area (Å²) in [5.74, 6) is 0.964. The van der Waals surface area contributed by atoms with E-state index in [1.165, 1.54) is 18.1 Å². The Morgan fingerprint density at radius 3 is 2.54 bits per heavy atom. The van der Waals surface area contributed by atoms with Gasteiger partial charge in [0.05, 0.1) is 6.54 Å². The molecule has 3 aromatic rings. The number of carbonyl (C=O) groups excluding carboxylic acids is 2. The molecular weight excluding hydrogens is 548 g/mol. The van der Waals surface area contributed by atoms with Crippen LogP contribution in [0, 0.1) is 6.92 Å². The molecule has 0 bridgehead atoms. The lowest BCUT2D eigenvalue weighted by Gasteiger charge is -2.24. The van der Waals surface area contributed by atoms with E-state index in [4.69, 9.17) is 29.7 Å². The molecule has 222 valence electrons. The number of amides is 1. The summed E-state index contributed by atoms with van der Waals surface area (Å²) in [6, 6.07) is 2.72. The number of carbonyl (C=O) groups is 2. The van der Waals surface area contributed by atoms with Crippen molar-refractivity contribution in [1.29, 1.82) is 0 Å². The molecule has 2 aromatic heterocycles. The number of hydrogen-bond acceptors (Lipinski definition) is 11. The van der Waals surface area contributed by atoms with Crippen molar-refractivity contribution < 1.29 is 28.5 Å². The number of aromatic nitrogens is 4. The van der Waals surface area contributed by atoms with Gasteiger partial charge in [-0.1, -0.05) is 25.6 Å². The highest BCUT2D eigenvalue weighted by molar-refractivity contribution is 7.99. The first-order chi connectivity index (χ1) is 19.6. The summed E-state index contributed by atoms with van der Waals surface area (Å²) in [5, 5.41) is 3.20. The first-order valence-electron chi connectivity index (χ1n) is 13.8. The third-order valence-corrected chi connectivity index (χ3v) is 7.48. The minimum Gasteiger partial charge on any atom is -0.461 e. The molecule has 0 radical (unpaired) electrons. The number of imidazole rings is 1. The fourth-order valence-electron chi connectivity index (χ4n) is 4.47. The van der Waals surface area contributed by atoms with Gasteiger partial charge in [-0.05, 0) is 71.1 Å². The number of benzene rings is 1. The molecule has 1 aliphatic heterocycles. The zero-order valence-corrected chi connectivity index (χ0v) is 25.2. The van der Waals surface area contributed by atoms with Gasteiger partial charge in [0.15, 0.2) is 33.6 Å². The molecule has 1 fully saturated rings. The van der Waals surface area contributed by atoms with Crippen molar-refractivity contribution in [2.75, 3.05) is 12.5 Å². The Kier molecular flexibility index (Phi) is 9.46. The normalized spacial score (nSPS) is 15.3. The van der Waals surface area contributed by atoms with Gasteiger partial charge in [-0.15, -0.1) is 0 Å². The first kappa shape index (κ1) is 30.2. The number of nitrogen functional groups attached to an aromatic ring is 1. The maximum absolute atomic E-state index is 13.4. The highest BCUT2D eigenvalue weighted by Gasteiger charge is 2.31. The first-order valence-corrected chi connectivity index (χ1v) is 14.6. The number of nitrogens with one attached hydrogen (secondary N) is 1. The fraction of sp³-hybridized carbons (Fsp3) is 0.536. The van der Waals surface area contributed by atoms with Crippen LogP contribution in [0.2, 0.25) is 0 Å². The van der Waals surface area contributed by atoms with E-state index >= 15 is 0 Å². The minimum atomic E-state index is -1.06. The molecule has 0 spiro atoms. The van der Waals surface area contributed by atoms with Gasteiger partial charge in [0, 0.05) is 4.90 Å². The van der Waals surface area contributed by atoms with Crippen LogP contribution in [0.3, 0.4) is 0 Å². The van der Waals surface area contributed by atoms with Crippen LogP contribution in [0.15, 0.2) is 28.5 Å². The number of fused-ring (bicyclic) bond motifs is 2. The number of anilines is 1. The van der Waals surface area contributed by atoms with E-state index in [-0.39, 0.29) is 25.3 Å². The van der Waals surface area contributed by atoms with Gasteiger partial charge >= 0.3 is 12.1 Å². The molecule has 1 aliphatic carbocycles. The molecule has 3 heterocycles. The second kappa shape index (κ2) is 12.8. The predicted molar refractivity (Wildman–Crippen MR) is 154 cm³/mol. The Morgan fingerprint density at radius 1 is 1.17 bits per heavy atom. The number of hydrogen-bond donors (Lipinski definition) is 2. The Morgan fingerprint density at radius 2 is 1.85 bits per heavy atom. The summed E-state index contributed by atoms with van der Waals surface area (Å²) in [4.78, 5) is 40.1. The van der Waals surface area contributed by atoms with E-state index in [1.54, 1.807) is 25.3 Å². The molecule has 1 saturated carbocycles. The van der Waals surface area contributed by atoms with Crippen LogP contribution >= 0.6 is 11.8 Å². The highest BCUT2D eigenvalue weighted by atomic mass is 32.2. The van der Waals surface area contributed by atoms with E-state index in [9.17, 15) is 9.59 Å². The molecule has 13 heteroatoms. The quantitative estimate of drug-likeness (QED) is 0.360. The molecule has 2 aliphatic rings. The van der Waals surface area contributed by atoms with Gasteiger partial charge in [0.2, 0.25) is 6.79 Å². The molecule has 12 nitrogen and oxygen atoms in total. The molecule has 5 rings (SSSR count). The summed E-state index contributed by atoms with van der Waals surface area (Å²) in [5.41, 5.74) is 7.15. The molecule has 0 saturated heterocycles. The van der Waals surface area contributed by atoms with E-state index < -0.39 is 23.7 Å². The van der Waals surface area contributed by atoms with Crippen molar-refractivity contribution in [2.24, 2.45) is 0 Å². The van der Waals surface area contributed by atoms with E-state index in [0.717, 1.165) is 36.1 Å². The molecule has 1 aromatic carbocycles. The lowest BCUT2D eigenvalue weighted by atomic mass is 10.2. The van der Waals surface area contributed by atoms with Crippen LogP contribution in [0.5, 0.6) is 11.5 Å². The zero-order valence-electron chi connectivity index (χ0n) is 24.4. The van der Waals surface area contributed by atoms with Gasteiger partial charge in [-0.25, -0.2) is 24.5 Å². The van der Waals surface area contributed by atoms with Crippen LogP contribution < -0.4 is 20.5 Å². The average Bonchev–Trinajstić information content (AvgIpc) is 3.66. The Balaban J connectivity index is 0.00000189. The molecular formula is C28H38N6O6S. The van der Waals surface area contributed by atoms with E-state index in [0.29, 0.717) is 27.8 Å². The maximum atomic E-state index is 13.4. The van der Waals surface area contributed by atoms with Crippen molar-refractivity contribution in [3.8, 4) is 11.5 Å². The number of aryl methyl sites for hydroxylation is 1. The third kappa shape index (κ3) is 7.32. The number of rotatable bonds is 7. The van der Waals surface area contributed by atoms with Crippen LogP contribution in [-0.4, -0.2) is 56.1 Å². The average molecular weight is 587 g/mol. The molecule has 41 heavy (non-hydrogen) atoms. The van der Waals surface area contributed by atoms with Crippen molar-refractivity contribution in [1.82, 2.24) is 24.8 Å². The molecule has 3 N–H and O–H groups in total. The van der Waals surface area contributed by atoms with Crippen LogP contribution in [0.1, 0.15) is 65.9 Å². The predicted octanol–water partition coefficient (Wildman–Crippen LogP) is 5.00. The van der Waals surface area contributed by atoms with Crippen molar-refractivity contribution in [3.63, 3.8) is 0 Å². The van der Waals surface area contributed by atoms with Gasteiger partial charge in [-0.2, -0.15) is 0 Å². The summed E-state index contributed by atoms with van der Waals surface area (Å²) in [7, 11) is 0. The van der Waals surface area contributed by atoms with Crippen LogP contribution in [0.25, 0.3) is 11.2 Å². The Hall–Kier alpha value is -3.74. The largest absolute Gasteiger partial charge is 0.461 e. The highest BCUT2D eigenvalue weighted by Crippen LogP contribution is 2.41. The number of ether oxygens (including phenoxy) is 4. The second-order valence-corrected chi connectivity index (χ2v) is 11.6. The summed E-state index contributed by atoms with van der Waals surface area (Å²) >= 11 is 1.35.